The summed E-state index contributed by atoms with van der Waals surface area (Å²) in [5.74, 6) is -3.34. The highest BCUT2D eigenvalue weighted by Gasteiger charge is 2.20. The van der Waals surface area contributed by atoms with Gasteiger partial charge in [0.05, 0.1) is 10.6 Å². The number of hydrogen-bond acceptors (Lipinski definition) is 7. The maximum absolute atomic E-state index is 12.6. The molecule has 0 atom stereocenters. The van der Waals surface area contributed by atoms with Crippen LogP contribution in [-0.4, -0.2) is 38.1 Å². The highest BCUT2D eigenvalue weighted by molar-refractivity contribution is 7.12. The first kappa shape index (κ1) is 25.4. The van der Waals surface area contributed by atoms with Gasteiger partial charge < -0.3 is 31.1 Å². The van der Waals surface area contributed by atoms with E-state index in [0.29, 0.717) is 15.5 Å². The normalized spacial score (nSPS) is 10.5. The average Bonchev–Trinajstić information content (AvgIpc) is 3.41. The van der Waals surface area contributed by atoms with Crippen molar-refractivity contribution in [3.05, 3.63) is 91.5 Å². The van der Waals surface area contributed by atoms with Crippen LogP contribution in [0.25, 0.3) is 11.4 Å². The Kier molecular flexibility index (Phi) is 7.51. The van der Waals surface area contributed by atoms with Crippen molar-refractivity contribution in [2.24, 2.45) is 0 Å². The Bertz CT molecular complexity index is 1550. The predicted molar refractivity (Wildman–Crippen MR) is 139 cm³/mol. The van der Waals surface area contributed by atoms with Gasteiger partial charge in [-0.05, 0) is 41.3 Å². The number of benzene rings is 2. The van der Waals surface area contributed by atoms with E-state index in [1.165, 1.54) is 29.5 Å². The molecule has 2 heterocycles. The molecule has 37 heavy (non-hydrogen) atoms. The van der Waals surface area contributed by atoms with Gasteiger partial charge in [-0.3, -0.25) is 9.59 Å². The van der Waals surface area contributed by atoms with Crippen LogP contribution < -0.4 is 21.5 Å². The molecule has 13 heteroatoms. The van der Waals surface area contributed by atoms with Crippen LogP contribution in [0.3, 0.4) is 0 Å². The Morgan fingerprint density at radius 1 is 1.05 bits per heavy atom. The molecule has 188 valence electrons. The van der Waals surface area contributed by atoms with Crippen LogP contribution in [0.2, 0.25) is 5.02 Å². The number of carboxylic acid groups (broad SMARTS) is 1. The van der Waals surface area contributed by atoms with E-state index in [4.69, 9.17) is 11.6 Å². The fourth-order valence-electron chi connectivity index (χ4n) is 3.25. The summed E-state index contributed by atoms with van der Waals surface area (Å²) in [5.41, 5.74) is -0.789. The van der Waals surface area contributed by atoms with Crippen molar-refractivity contribution in [1.29, 1.82) is 0 Å². The van der Waals surface area contributed by atoms with E-state index in [1.807, 2.05) is 0 Å². The second-order valence-corrected chi connectivity index (χ2v) is 8.86. The van der Waals surface area contributed by atoms with Gasteiger partial charge in [-0.1, -0.05) is 35.9 Å². The number of aromatic amines is 1. The molecule has 4 rings (SSSR count). The second-order valence-electron chi connectivity index (χ2n) is 7.51. The van der Waals surface area contributed by atoms with E-state index < -0.39 is 34.9 Å². The molecule has 3 amide bonds. The largest absolute Gasteiger partial charge is 0.501 e. The number of thiophene rings is 1. The maximum atomic E-state index is 12.6. The number of rotatable bonds is 7. The summed E-state index contributed by atoms with van der Waals surface area (Å²) in [6.45, 7) is 0.118. The highest BCUT2D eigenvalue weighted by atomic mass is 35.5. The van der Waals surface area contributed by atoms with E-state index in [9.17, 15) is 29.4 Å². The first-order valence-corrected chi connectivity index (χ1v) is 11.8. The number of amides is 3. The van der Waals surface area contributed by atoms with Crippen molar-refractivity contribution >= 4 is 52.2 Å². The number of hydrogen-bond donors (Lipinski definition) is 6. The minimum absolute atomic E-state index is 0.0801. The molecule has 0 saturated carbocycles. The molecular weight excluding hydrogens is 522 g/mol. The molecule has 0 saturated heterocycles. The van der Waals surface area contributed by atoms with E-state index >= 15 is 0 Å². The first-order valence-electron chi connectivity index (χ1n) is 10.6. The predicted octanol–water partition coefficient (Wildman–Crippen LogP) is 4.13. The smallest absolute Gasteiger partial charge is 0.358 e. The lowest BCUT2D eigenvalue weighted by atomic mass is 10.1. The number of aromatic carboxylic acids is 1. The van der Waals surface area contributed by atoms with Crippen molar-refractivity contribution in [3.63, 3.8) is 0 Å². The van der Waals surface area contributed by atoms with E-state index in [2.05, 4.69) is 25.9 Å². The Morgan fingerprint density at radius 2 is 1.84 bits per heavy atom. The van der Waals surface area contributed by atoms with Crippen LogP contribution in [0.15, 0.2) is 64.8 Å². The van der Waals surface area contributed by atoms with Gasteiger partial charge in [0.2, 0.25) is 5.75 Å². The lowest BCUT2D eigenvalue weighted by Gasteiger charge is -2.14. The molecular formula is C24H18ClN5O6S. The molecule has 0 radical (unpaired) electrons. The number of nitrogens with one attached hydrogen (secondary N) is 4. The number of carbonyl (C=O) groups excluding carboxylic acids is 2. The van der Waals surface area contributed by atoms with Crippen LogP contribution in [-0.2, 0) is 6.54 Å². The Morgan fingerprint density at radius 3 is 2.54 bits per heavy atom. The lowest BCUT2D eigenvalue weighted by molar-refractivity contribution is 0.0686. The first-order chi connectivity index (χ1) is 17.7. The summed E-state index contributed by atoms with van der Waals surface area (Å²) in [6, 6.07) is 14.0. The zero-order valence-electron chi connectivity index (χ0n) is 18.7. The molecule has 0 aliphatic heterocycles. The standard InChI is InChI=1S/C24H18ClN5O6S/c25-15-5-2-1-4-12(15)11-26-24(36)28-16-8-7-13(27-21(32)17-6-3-9-37-17)10-14(16)20-29-18(23(34)35)19(31)22(33)30-20/h1-10,31H,11H2,(H,27,32)(H,34,35)(H2,26,28,36)(H,29,30,33). The van der Waals surface area contributed by atoms with Gasteiger partial charge in [-0.25, -0.2) is 14.6 Å². The molecule has 2 aromatic heterocycles. The van der Waals surface area contributed by atoms with Crippen LogP contribution in [0.1, 0.15) is 25.7 Å². The summed E-state index contributed by atoms with van der Waals surface area (Å²) in [4.78, 5) is 55.4. The number of H-pyrrole nitrogens is 1. The molecule has 0 spiro atoms. The molecule has 6 N–H and O–H groups in total. The summed E-state index contributed by atoms with van der Waals surface area (Å²) in [7, 11) is 0. The van der Waals surface area contributed by atoms with Gasteiger partial charge in [0.1, 0.15) is 5.82 Å². The monoisotopic (exact) mass is 539 g/mol. The fraction of sp³-hybridized carbons (Fsp3) is 0.0417. The Labute approximate surface area is 217 Å². The zero-order valence-corrected chi connectivity index (χ0v) is 20.3. The van der Waals surface area contributed by atoms with Crippen molar-refractivity contribution < 1.29 is 24.6 Å². The fourth-order valence-corrected chi connectivity index (χ4v) is 4.08. The van der Waals surface area contributed by atoms with Gasteiger partial charge in [0.15, 0.2) is 5.69 Å². The molecule has 11 nitrogen and oxygen atoms in total. The molecule has 0 fully saturated rings. The zero-order chi connectivity index (χ0) is 26.5. The lowest BCUT2D eigenvalue weighted by Crippen LogP contribution is -2.28. The molecule has 0 unspecified atom stereocenters. The summed E-state index contributed by atoms with van der Waals surface area (Å²) in [5, 5.41) is 29.3. The Balaban J connectivity index is 1.67. The highest BCUT2D eigenvalue weighted by Crippen LogP contribution is 2.30. The van der Waals surface area contributed by atoms with Crippen LogP contribution >= 0.6 is 22.9 Å². The number of carboxylic acids is 1. The summed E-state index contributed by atoms with van der Waals surface area (Å²) < 4.78 is 0. The molecule has 0 bridgehead atoms. The van der Waals surface area contributed by atoms with E-state index in [0.717, 1.165) is 0 Å². The molecule has 0 aliphatic carbocycles. The van der Waals surface area contributed by atoms with Crippen molar-refractivity contribution in [3.8, 4) is 17.1 Å². The third-order valence-corrected chi connectivity index (χ3v) is 6.26. The molecule has 0 aliphatic rings. The minimum atomic E-state index is -1.63. The summed E-state index contributed by atoms with van der Waals surface area (Å²) in [6.07, 6.45) is 0. The number of urea groups is 1. The topological polar surface area (TPSA) is 174 Å². The molecule has 2 aromatic carbocycles. The number of aromatic hydroxyl groups is 1. The summed E-state index contributed by atoms with van der Waals surface area (Å²) >= 11 is 7.36. The van der Waals surface area contributed by atoms with E-state index in [1.54, 1.807) is 41.8 Å². The number of aromatic nitrogens is 2. The van der Waals surface area contributed by atoms with Crippen LogP contribution in [0, 0.1) is 0 Å². The van der Waals surface area contributed by atoms with Crippen molar-refractivity contribution in [2.45, 2.75) is 6.54 Å². The SMILES string of the molecule is O=C(NCc1ccccc1Cl)Nc1ccc(NC(=O)c2cccs2)cc1-c1nc(C(=O)O)c(O)c(=O)[nH]1. The number of halogens is 1. The quantitative estimate of drug-likeness (QED) is 0.205. The van der Waals surface area contributed by atoms with Crippen molar-refractivity contribution in [1.82, 2.24) is 15.3 Å². The number of anilines is 2. The Hall–Kier alpha value is -4.68. The van der Waals surface area contributed by atoms with Gasteiger partial charge in [-0.2, -0.15) is 0 Å². The van der Waals surface area contributed by atoms with Crippen molar-refractivity contribution in [2.75, 3.05) is 10.6 Å². The second kappa shape index (κ2) is 10.9. The average molecular weight is 540 g/mol. The third-order valence-electron chi connectivity index (χ3n) is 5.02. The van der Waals surface area contributed by atoms with Gasteiger partial charge in [-0.15, -0.1) is 11.3 Å². The molecule has 4 aromatic rings. The third kappa shape index (κ3) is 5.94. The van der Waals surface area contributed by atoms with Gasteiger partial charge in [0.25, 0.3) is 11.5 Å². The number of nitrogens with zero attached hydrogens (tertiary/aromatic N) is 1. The minimum Gasteiger partial charge on any atom is -0.501 e. The maximum Gasteiger partial charge on any atom is 0.358 e. The van der Waals surface area contributed by atoms with Gasteiger partial charge >= 0.3 is 12.0 Å². The number of carbonyl (C=O) groups is 3. The van der Waals surface area contributed by atoms with Gasteiger partial charge in [0, 0.05) is 22.8 Å². The van der Waals surface area contributed by atoms with Crippen LogP contribution in [0.4, 0.5) is 16.2 Å². The van der Waals surface area contributed by atoms with Crippen LogP contribution in [0.5, 0.6) is 5.75 Å². The van der Waals surface area contributed by atoms with E-state index in [-0.39, 0.29) is 29.3 Å².